The van der Waals surface area contributed by atoms with Crippen molar-refractivity contribution in [3.05, 3.63) is 24.4 Å². The lowest BCUT2D eigenvalue weighted by atomic mass is 10.2. The third-order valence-corrected chi connectivity index (χ3v) is 3.42. The van der Waals surface area contributed by atoms with E-state index in [1.165, 1.54) is 38.9 Å². The van der Waals surface area contributed by atoms with Crippen molar-refractivity contribution >= 4 is 5.82 Å². The summed E-state index contributed by atoms with van der Waals surface area (Å²) in [5, 5.41) is 0. The van der Waals surface area contributed by atoms with Crippen LogP contribution in [0.1, 0.15) is 26.2 Å². The Kier molecular flexibility index (Phi) is 4.80. The maximum Gasteiger partial charge on any atom is 0.128 e. The van der Waals surface area contributed by atoms with Crippen LogP contribution in [0.5, 0.6) is 0 Å². The Morgan fingerprint density at radius 1 is 1.12 bits per heavy atom. The van der Waals surface area contributed by atoms with Gasteiger partial charge in [-0.1, -0.05) is 25.8 Å². The van der Waals surface area contributed by atoms with Gasteiger partial charge in [0.25, 0.3) is 0 Å². The first-order chi connectivity index (χ1) is 8.40. The molecule has 0 aromatic carbocycles. The molecule has 1 saturated heterocycles. The minimum atomic E-state index is 1.11. The lowest BCUT2D eigenvalue weighted by molar-refractivity contribution is 0.252. The van der Waals surface area contributed by atoms with Gasteiger partial charge < -0.3 is 4.90 Å². The number of unbranched alkanes of at least 4 members (excludes halogenated alkanes) is 2. The summed E-state index contributed by atoms with van der Waals surface area (Å²) >= 11 is 0. The van der Waals surface area contributed by atoms with Crippen molar-refractivity contribution in [1.29, 1.82) is 0 Å². The number of rotatable bonds is 5. The number of pyridine rings is 1. The Balaban J connectivity index is 1.74. The Morgan fingerprint density at radius 2 is 1.94 bits per heavy atom. The summed E-state index contributed by atoms with van der Waals surface area (Å²) in [5.74, 6) is 1.13. The first kappa shape index (κ1) is 12.4. The normalized spacial score (nSPS) is 17.4. The molecular formula is C14H23N3. The van der Waals surface area contributed by atoms with Crippen molar-refractivity contribution in [2.75, 3.05) is 37.6 Å². The van der Waals surface area contributed by atoms with Crippen LogP contribution in [0.25, 0.3) is 0 Å². The van der Waals surface area contributed by atoms with Crippen molar-refractivity contribution in [1.82, 2.24) is 9.88 Å². The number of anilines is 1. The van der Waals surface area contributed by atoms with Gasteiger partial charge >= 0.3 is 0 Å². The fraction of sp³-hybridized carbons (Fsp3) is 0.643. The largest absolute Gasteiger partial charge is 0.354 e. The average Bonchev–Trinajstić information content (AvgIpc) is 2.41. The van der Waals surface area contributed by atoms with Crippen LogP contribution in [0.4, 0.5) is 5.82 Å². The molecule has 1 aliphatic rings. The summed E-state index contributed by atoms with van der Waals surface area (Å²) in [6.45, 7) is 8.12. The van der Waals surface area contributed by atoms with Crippen LogP contribution < -0.4 is 4.90 Å². The lowest BCUT2D eigenvalue weighted by Crippen LogP contribution is -2.46. The van der Waals surface area contributed by atoms with Gasteiger partial charge in [0.15, 0.2) is 0 Å². The number of piperazine rings is 1. The highest BCUT2D eigenvalue weighted by Gasteiger charge is 2.16. The molecule has 3 heteroatoms. The predicted octanol–water partition coefficient (Wildman–Crippen LogP) is 2.39. The summed E-state index contributed by atoms with van der Waals surface area (Å²) < 4.78 is 0. The molecule has 2 rings (SSSR count). The van der Waals surface area contributed by atoms with Gasteiger partial charge in [-0.2, -0.15) is 0 Å². The van der Waals surface area contributed by atoms with Crippen molar-refractivity contribution in [2.45, 2.75) is 26.2 Å². The second-order valence-electron chi connectivity index (χ2n) is 4.72. The number of nitrogens with zero attached hydrogens (tertiary/aromatic N) is 3. The molecule has 0 saturated carbocycles. The maximum atomic E-state index is 4.41. The molecule has 2 heterocycles. The maximum absolute atomic E-state index is 4.41. The minimum Gasteiger partial charge on any atom is -0.354 e. The van der Waals surface area contributed by atoms with Crippen molar-refractivity contribution in [3.63, 3.8) is 0 Å². The van der Waals surface area contributed by atoms with Crippen molar-refractivity contribution in [3.8, 4) is 0 Å². The number of aromatic nitrogens is 1. The lowest BCUT2D eigenvalue weighted by Gasteiger charge is -2.35. The van der Waals surface area contributed by atoms with Gasteiger partial charge in [0.1, 0.15) is 5.82 Å². The highest BCUT2D eigenvalue weighted by molar-refractivity contribution is 5.38. The Bertz CT molecular complexity index is 305. The van der Waals surface area contributed by atoms with Crippen LogP contribution >= 0.6 is 0 Å². The van der Waals surface area contributed by atoms with E-state index in [4.69, 9.17) is 0 Å². The van der Waals surface area contributed by atoms with E-state index < -0.39 is 0 Å². The Labute approximate surface area is 104 Å². The Morgan fingerprint density at radius 3 is 2.59 bits per heavy atom. The standard InChI is InChI=1S/C14H23N3/c1-2-3-6-9-16-10-12-17(13-11-16)14-7-4-5-8-15-14/h4-5,7-8H,2-3,6,9-13H2,1H3. The van der Waals surface area contributed by atoms with Crippen molar-refractivity contribution in [2.24, 2.45) is 0 Å². The molecule has 0 unspecified atom stereocenters. The average molecular weight is 233 g/mol. The van der Waals surface area contributed by atoms with E-state index in [0.29, 0.717) is 0 Å². The van der Waals surface area contributed by atoms with Crippen LogP contribution in [0.3, 0.4) is 0 Å². The van der Waals surface area contributed by atoms with Crippen molar-refractivity contribution < 1.29 is 0 Å². The Hall–Kier alpha value is -1.09. The molecule has 94 valence electrons. The number of hydrogen-bond donors (Lipinski definition) is 0. The van der Waals surface area contributed by atoms with Gasteiger partial charge in [-0.15, -0.1) is 0 Å². The van der Waals surface area contributed by atoms with E-state index in [9.17, 15) is 0 Å². The van der Waals surface area contributed by atoms with E-state index in [1.54, 1.807) is 0 Å². The highest BCUT2D eigenvalue weighted by atomic mass is 15.3. The van der Waals surface area contributed by atoms with E-state index in [2.05, 4.69) is 33.8 Å². The zero-order chi connectivity index (χ0) is 11.9. The van der Waals surface area contributed by atoms with Crippen LogP contribution in [0.15, 0.2) is 24.4 Å². The van der Waals surface area contributed by atoms with E-state index in [0.717, 1.165) is 18.9 Å². The zero-order valence-corrected chi connectivity index (χ0v) is 10.8. The molecule has 1 aromatic heterocycles. The van der Waals surface area contributed by atoms with Gasteiger partial charge in [0, 0.05) is 32.4 Å². The van der Waals surface area contributed by atoms with E-state index in [-0.39, 0.29) is 0 Å². The smallest absolute Gasteiger partial charge is 0.128 e. The molecule has 1 aliphatic heterocycles. The van der Waals surface area contributed by atoms with Gasteiger partial charge in [0.2, 0.25) is 0 Å². The molecule has 0 atom stereocenters. The monoisotopic (exact) mass is 233 g/mol. The van der Waals surface area contributed by atoms with Gasteiger partial charge in [0.05, 0.1) is 0 Å². The molecule has 0 N–H and O–H groups in total. The van der Waals surface area contributed by atoms with E-state index >= 15 is 0 Å². The minimum absolute atomic E-state index is 1.11. The molecule has 17 heavy (non-hydrogen) atoms. The molecule has 0 radical (unpaired) electrons. The zero-order valence-electron chi connectivity index (χ0n) is 10.8. The fourth-order valence-electron chi connectivity index (χ4n) is 2.33. The second kappa shape index (κ2) is 6.60. The summed E-state index contributed by atoms with van der Waals surface area (Å²) in [4.78, 5) is 9.37. The third kappa shape index (κ3) is 3.70. The molecule has 0 aliphatic carbocycles. The first-order valence-corrected chi connectivity index (χ1v) is 6.78. The van der Waals surface area contributed by atoms with Crippen LogP contribution in [0, 0.1) is 0 Å². The van der Waals surface area contributed by atoms with E-state index in [1.807, 2.05) is 12.3 Å². The van der Waals surface area contributed by atoms with Gasteiger partial charge in [-0.3, -0.25) is 4.90 Å². The number of hydrogen-bond acceptors (Lipinski definition) is 3. The molecule has 1 aromatic rings. The highest BCUT2D eigenvalue weighted by Crippen LogP contribution is 2.12. The van der Waals surface area contributed by atoms with Crippen LogP contribution in [-0.2, 0) is 0 Å². The molecule has 1 fully saturated rings. The fourth-order valence-corrected chi connectivity index (χ4v) is 2.33. The summed E-state index contributed by atoms with van der Waals surface area (Å²) in [5.41, 5.74) is 0. The molecule has 0 bridgehead atoms. The van der Waals surface area contributed by atoms with Crippen LogP contribution in [-0.4, -0.2) is 42.6 Å². The summed E-state index contributed by atoms with van der Waals surface area (Å²) in [6, 6.07) is 6.15. The third-order valence-electron chi connectivity index (χ3n) is 3.42. The SMILES string of the molecule is CCCCCN1CCN(c2ccccn2)CC1. The molecule has 0 spiro atoms. The topological polar surface area (TPSA) is 19.4 Å². The first-order valence-electron chi connectivity index (χ1n) is 6.78. The predicted molar refractivity (Wildman–Crippen MR) is 72.4 cm³/mol. The van der Waals surface area contributed by atoms with Crippen LogP contribution in [0.2, 0.25) is 0 Å². The summed E-state index contributed by atoms with van der Waals surface area (Å²) in [6.07, 6.45) is 5.90. The van der Waals surface area contributed by atoms with Gasteiger partial charge in [-0.25, -0.2) is 4.98 Å². The quantitative estimate of drug-likeness (QED) is 0.728. The molecule has 3 nitrogen and oxygen atoms in total. The summed E-state index contributed by atoms with van der Waals surface area (Å²) in [7, 11) is 0. The van der Waals surface area contributed by atoms with Gasteiger partial charge in [-0.05, 0) is 25.1 Å². The molecular weight excluding hydrogens is 210 g/mol. The second-order valence-corrected chi connectivity index (χ2v) is 4.72. The molecule has 0 amide bonds.